The van der Waals surface area contributed by atoms with E-state index in [1.54, 1.807) is 0 Å². The number of carbonyl (C=O) groups excluding carboxylic acids is 1. The number of carbonyl (C=O) groups is 1. The number of hydrogen-bond donors (Lipinski definition) is 2. The summed E-state index contributed by atoms with van der Waals surface area (Å²) in [6.45, 7) is 9.31. The Morgan fingerprint density at radius 2 is 2.10 bits per heavy atom. The molecule has 4 heteroatoms. The number of hydrogen-bond acceptors (Lipinski definition) is 2. The van der Waals surface area contributed by atoms with Gasteiger partial charge >= 0.3 is 0 Å². The molecule has 1 aliphatic heterocycles. The maximum atomic E-state index is 12.5. The number of aryl methyl sites for hydroxylation is 1. The molecule has 2 rings (SSSR count). The molecule has 0 unspecified atom stereocenters. The van der Waals surface area contributed by atoms with Gasteiger partial charge < -0.3 is 10.6 Å². The van der Waals surface area contributed by atoms with Crippen molar-refractivity contribution in [3.63, 3.8) is 0 Å². The molecule has 2 atom stereocenters. The summed E-state index contributed by atoms with van der Waals surface area (Å²) in [6, 6.07) is 8.78. The van der Waals surface area contributed by atoms with E-state index < -0.39 is 0 Å². The van der Waals surface area contributed by atoms with E-state index in [0.29, 0.717) is 6.04 Å². The minimum Gasteiger partial charge on any atom is -0.347 e. The molecular formula is C17H27ClN2O. The van der Waals surface area contributed by atoms with Crippen LogP contribution >= 0.6 is 12.4 Å². The third kappa shape index (κ3) is 4.72. The second kappa shape index (κ2) is 7.28. The van der Waals surface area contributed by atoms with Crippen molar-refractivity contribution in [2.75, 3.05) is 6.54 Å². The molecule has 1 aromatic rings. The van der Waals surface area contributed by atoms with Gasteiger partial charge in [0, 0.05) is 12.0 Å². The van der Waals surface area contributed by atoms with Crippen molar-refractivity contribution >= 4 is 18.3 Å². The monoisotopic (exact) mass is 310 g/mol. The fourth-order valence-electron chi connectivity index (χ4n) is 2.89. The van der Waals surface area contributed by atoms with Crippen molar-refractivity contribution < 1.29 is 4.79 Å². The topological polar surface area (TPSA) is 41.1 Å². The Morgan fingerprint density at radius 1 is 1.38 bits per heavy atom. The van der Waals surface area contributed by atoms with E-state index in [2.05, 4.69) is 56.5 Å². The Kier molecular flexibility index (Phi) is 6.24. The first-order valence-electron chi connectivity index (χ1n) is 7.51. The average Bonchev–Trinajstić information content (AvgIpc) is 2.38. The van der Waals surface area contributed by atoms with Gasteiger partial charge in [-0.3, -0.25) is 4.79 Å². The number of piperidine rings is 1. The van der Waals surface area contributed by atoms with Gasteiger partial charge in [0.2, 0.25) is 5.91 Å². The van der Waals surface area contributed by atoms with E-state index in [0.717, 1.165) is 24.9 Å². The predicted molar refractivity (Wildman–Crippen MR) is 89.8 cm³/mol. The third-order valence-corrected chi connectivity index (χ3v) is 4.17. The smallest absolute Gasteiger partial charge is 0.223 e. The maximum absolute atomic E-state index is 12.5. The van der Waals surface area contributed by atoms with Gasteiger partial charge in [-0.2, -0.15) is 0 Å². The van der Waals surface area contributed by atoms with Crippen molar-refractivity contribution in [1.82, 2.24) is 10.6 Å². The Hall–Kier alpha value is -1.06. The second-order valence-electron chi connectivity index (χ2n) is 6.56. The van der Waals surface area contributed by atoms with Crippen LogP contribution in [-0.4, -0.2) is 18.5 Å². The second-order valence-corrected chi connectivity index (χ2v) is 6.56. The Morgan fingerprint density at radius 3 is 2.71 bits per heavy atom. The van der Waals surface area contributed by atoms with Crippen LogP contribution in [0.4, 0.5) is 0 Å². The highest BCUT2D eigenvalue weighted by molar-refractivity contribution is 5.85. The van der Waals surface area contributed by atoms with Gasteiger partial charge in [-0.25, -0.2) is 0 Å². The van der Waals surface area contributed by atoms with Crippen LogP contribution in [0.15, 0.2) is 24.3 Å². The maximum Gasteiger partial charge on any atom is 0.223 e. The van der Waals surface area contributed by atoms with Crippen LogP contribution < -0.4 is 10.6 Å². The van der Waals surface area contributed by atoms with E-state index in [1.807, 2.05) is 6.07 Å². The Balaban J connectivity index is 0.00000220. The van der Waals surface area contributed by atoms with Crippen molar-refractivity contribution in [3.05, 3.63) is 35.4 Å². The molecule has 2 N–H and O–H groups in total. The van der Waals surface area contributed by atoms with Gasteiger partial charge in [-0.05, 0) is 52.6 Å². The first-order chi connectivity index (χ1) is 9.38. The first kappa shape index (κ1) is 18.0. The minimum absolute atomic E-state index is 0. The normalized spacial score (nSPS) is 22.3. The van der Waals surface area contributed by atoms with Crippen LogP contribution in [0.2, 0.25) is 0 Å². The van der Waals surface area contributed by atoms with Crippen molar-refractivity contribution in [3.8, 4) is 0 Å². The Bertz CT molecular complexity index is 487. The van der Waals surface area contributed by atoms with E-state index in [-0.39, 0.29) is 29.8 Å². The summed E-state index contributed by atoms with van der Waals surface area (Å²) >= 11 is 0. The van der Waals surface area contributed by atoms with Gasteiger partial charge in [-0.15, -0.1) is 12.4 Å². The zero-order chi connectivity index (χ0) is 14.8. The van der Waals surface area contributed by atoms with Crippen LogP contribution in [0.5, 0.6) is 0 Å². The Labute approximate surface area is 134 Å². The molecule has 0 spiro atoms. The molecule has 1 aromatic carbocycles. The van der Waals surface area contributed by atoms with Crippen LogP contribution in [0.3, 0.4) is 0 Å². The van der Waals surface area contributed by atoms with E-state index in [9.17, 15) is 4.79 Å². The molecule has 118 valence electrons. The number of rotatable bonds is 3. The van der Waals surface area contributed by atoms with E-state index in [4.69, 9.17) is 0 Å². The molecule has 0 aromatic heterocycles. The lowest BCUT2D eigenvalue weighted by atomic mass is 9.89. The quantitative estimate of drug-likeness (QED) is 0.900. The number of amides is 1. The van der Waals surface area contributed by atoms with E-state index in [1.165, 1.54) is 5.56 Å². The van der Waals surface area contributed by atoms with Gasteiger partial charge in [0.05, 0.1) is 5.54 Å². The largest absolute Gasteiger partial charge is 0.347 e. The summed E-state index contributed by atoms with van der Waals surface area (Å²) in [6.07, 6.45) is 1.86. The highest BCUT2D eigenvalue weighted by Gasteiger charge is 2.29. The molecule has 0 radical (unpaired) electrons. The molecule has 3 nitrogen and oxygen atoms in total. The van der Waals surface area contributed by atoms with Crippen LogP contribution in [0.1, 0.15) is 44.7 Å². The first-order valence-corrected chi connectivity index (χ1v) is 7.51. The number of halogens is 1. The van der Waals surface area contributed by atoms with Gasteiger partial charge in [-0.1, -0.05) is 29.8 Å². The summed E-state index contributed by atoms with van der Waals surface area (Å²) in [5.41, 5.74) is 2.06. The standard InChI is InChI=1S/C17H26N2O.ClH/c1-12-6-5-7-15(10-12)17(3,4)19-16(20)14-8-9-18-13(2)11-14;/h5-7,10,13-14,18H,8-9,11H2,1-4H3,(H,19,20);1H/t13-,14-;/m0./s1. The third-order valence-electron chi connectivity index (χ3n) is 4.17. The molecule has 1 fully saturated rings. The molecule has 0 bridgehead atoms. The van der Waals surface area contributed by atoms with Gasteiger partial charge in [0.25, 0.3) is 0 Å². The number of benzene rings is 1. The van der Waals surface area contributed by atoms with Crippen molar-refractivity contribution in [1.29, 1.82) is 0 Å². The lowest BCUT2D eigenvalue weighted by molar-refractivity contribution is -0.127. The SMILES string of the molecule is Cc1cccc(C(C)(C)NC(=O)[C@H]2CCN[C@@H](C)C2)c1.Cl. The fraction of sp³-hybridized carbons (Fsp3) is 0.588. The fourth-order valence-corrected chi connectivity index (χ4v) is 2.89. The highest BCUT2D eigenvalue weighted by atomic mass is 35.5. The molecule has 1 saturated heterocycles. The molecule has 1 heterocycles. The summed E-state index contributed by atoms with van der Waals surface area (Å²) in [5.74, 6) is 0.320. The lowest BCUT2D eigenvalue weighted by Crippen LogP contribution is -2.48. The lowest BCUT2D eigenvalue weighted by Gasteiger charge is -2.32. The number of nitrogens with one attached hydrogen (secondary N) is 2. The minimum atomic E-state index is -0.322. The van der Waals surface area contributed by atoms with Crippen LogP contribution in [-0.2, 0) is 10.3 Å². The van der Waals surface area contributed by atoms with Gasteiger partial charge in [0.15, 0.2) is 0 Å². The molecule has 21 heavy (non-hydrogen) atoms. The van der Waals surface area contributed by atoms with Gasteiger partial charge in [0.1, 0.15) is 0 Å². The van der Waals surface area contributed by atoms with Crippen molar-refractivity contribution in [2.24, 2.45) is 5.92 Å². The molecule has 1 aliphatic rings. The van der Waals surface area contributed by atoms with E-state index >= 15 is 0 Å². The zero-order valence-corrected chi connectivity index (χ0v) is 14.2. The van der Waals surface area contributed by atoms with Crippen molar-refractivity contribution in [2.45, 2.75) is 52.1 Å². The molecular weight excluding hydrogens is 284 g/mol. The zero-order valence-electron chi connectivity index (χ0n) is 13.4. The summed E-state index contributed by atoms with van der Waals surface area (Å²) in [4.78, 5) is 12.5. The average molecular weight is 311 g/mol. The molecule has 0 aliphatic carbocycles. The summed E-state index contributed by atoms with van der Waals surface area (Å²) in [7, 11) is 0. The molecule has 1 amide bonds. The summed E-state index contributed by atoms with van der Waals surface area (Å²) in [5, 5.41) is 6.61. The molecule has 0 saturated carbocycles. The highest BCUT2D eigenvalue weighted by Crippen LogP contribution is 2.23. The predicted octanol–water partition coefficient (Wildman–Crippen LogP) is 3.16. The summed E-state index contributed by atoms with van der Waals surface area (Å²) < 4.78 is 0. The van der Waals surface area contributed by atoms with Crippen LogP contribution in [0, 0.1) is 12.8 Å². The van der Waals surface area contributed by atoms with Crippen LogP contribution in [0.25, 0.3) is 0 Å².